The molecule has 1 fully saturated rings. The van der Waals surface area contributed by atoms with Gasteiger partial charge in [0.05, 0.1) is 6.61 Å². The van der Waals surface area contributed by atoms with Gasteiger partial charge in [-0.3, -0.25) is 0 Å². The molecule has 4 heteroatoms. The van der Waals surface area contributed by atoms with Crippen LogP contribution >= 0.6 is 0 Å². The van der Waals surface area contributed by atoms with Crippen molar-refractivity contribution in [2.75, 3.05) is 20.2 Å². The van der Waals surface area contributed by atoms with Crippen molar-refractivity contribution >= 4 is 0 Å². The first kappa shape index (κ1) is 13.3. The lowest BCUT2D eigenvalue weighted by atomic mass is 10.2. The average molecular weight is 250 g/mol. The Balaban J connectivity index is 1.87. The van der Waals surface area contributed by atoms with Crippen LogP contribution in [0.3, 0.4) is 0 Å². The molecule has 2 rings (SSSR count). The number of ether oxygens (including phenoxy) is 1. The lowest BCUT2D eigenvalue weighted by Crippen LogP contribution is -2.26. The molecule has 0 saturated heterocycles. The fourth-order valence-corrected chi connectivity index (χ4v) is 1.96. The highest BCUT2D eigenvalue weighted by Crippen LogP contribution is 2.24. The maximum Gasteiger partial charge on any atom is 0.213 e. The van der Waals surface area contributed by atoms with E-state index in [1.54, 1.807) is 0 Å². The summed E-state index contributed by atoms with van der Waals surface area (Å²) in [5.41, 5.74) is 1.83. The molecule has 0 radical (unpaired) electrons. The molecule has 1 heterocycles. The van der Waals surface area contributed by atoms with E-state index in [-0.39, 0.29) is 6.61 Å². The van der Waals surface area contributed by atoms with E-state index < -0.39 is 0 Å². The van der Waals surface area contributed by atoms with Crippen LogP contribution in [0.5, 0.6) is 5.88 Å². The number of aromatic nitrogens is 1. The molecule has 0 amide bonds. The van der Waals surface area contributed by atoms with Gasteiger partial charge in [0.15, 0.2) is 0 Å². The topological polar surface area (TPSA) is 45.6 Å². The van der Waals surface area contributed by atoms with Crippen molar-refractivity contribution in [3.05, 3.63) is 23.4 Å². The molecule has 0 bridgehead atoms. The van der Waals surface area contributed by atoms with Crippen LogP contribution < -0.4 is 4.74 Å². The number of hydrogen-bond acceptors (Lipinski definition) is 4. The predicted molar refractivity (Wildman–Crippen MR) is 70.7 cm³/mol. The molecule has 1 aliphatic carbocycles. The molecule has 1 aliphatic rings. The van der Waals surface area contributed by atoms with Crippen LogP contribution in [0, 0.1) is 0 Å². The third kappa shape index (κ3) is 3.68. The number of nitrogens with zero attached hydrogens (tertiary/aromatic N) is 2. The second kappa shape index (κ2) is 6.16. The van der Waals surface area contributed by atoms with Gasteiger partial charge in [-0.05, 0) is 37.9 Å². The van der Waals surface area contributed by atoms with Crippen LogP contribution in [0.15, 0.2) is 12.1 Å². The van der Waals surface area contributed by atoms with Gasteiger partial charge in [-0.1, -0.05) is 6.92 Å². The highest BCUT2D eigenvalue weighted by Gasteiger charge is 2.25. The van der Waals surface area contributed by atoms with E-state index in [9.17, 15) is 5.11 Å². The fourth-order valence-electron chi connectivity index (χ4n) is 1.96. The summed E-state index contributed by atoms with van der Waals surface area (Å²) in [6.45, 7) is 3.66. The lowest BCUT2D eigenvalue weighted by Gasteiger charge is -2.16. The molecule has 1 aromatic heterocycles. The number of aliphatic hydroxyl groups is 1. The van der Waals surface area contributed by atoms with Crippen LogP contribution in [-0.2, 0) is 13.0 Å². The zero-order valence-electron chi connectivity index (χ0n) is 11.2. The smallest absolute Gasteiger partial charge is 0.213 e. The maximum atomic E-state index is 9.19. The molecule has 0 atom stereocenters. The molecule has 1 aromatic rings. The minimum Gasteiger partial charge on any atom is -0.476 e. The highest BCUT2D eigenvalue weighted by atomic mass is 16.5. The van der Waals surface area contributed by atoms with E-state index in [1.807, 2.05) is 19.1 Å². The zero-order chi connectivity index (χ0) is 13.0. The summed E-state index contributed by atoms with van der Waals surface area (Å²) in [5.74, 6) is 0.627. The van der Waals surface area contributed by atoms with Crippen molar-refractivity contribution < 1.29 is 9.84 Å². The minimum absolute atomic E-state index is 0.0356. The van der Waals surface area contributed by atoms with Crippen LogP contribution in [0.2, 0.25) is 0 Å². The number of aliphatic hydroxyl groups excluding tert-OH is 1. The summed E-state index contributed by atoms with van der Waals surface area (Å²) in [6.07, 6.45) is 3.48. The molecule has 4 nitrogen and oxygen atoms in total. The Kier molecular flexibility index (Phi) is 4.55. The number of hydrogen-bond donors (Lipinski definition) is 1. The summed E-state index contributed by atoms with van der Waals surface area (Å²) >= 11 is 0. The molecule has 100 valence electrons. The van der Waals surface area contributed by atoms with Gasteiger partial charge in [0, 0.05) is 24.3 Å². The summed E-state index contributed by atoms with van der Waals surface area (Å²) in [5, 5.41) is 9.19. The van der Waals surface area contributed by atoms with E-state index in [1.165, 1.54) is 12.8 Å². The number of aryl methyl sites for hydroxylation is 1. The molecular weight excluding hydrogens is 228 g/mol. The first-order valence-corrected chi connectivity index (χ1v) is 6.66. The van der Waals surface area contributed by atoms with Crippen LogP contribution in [0.25, 0.3) is 0 Å². The first-order chi connectivity index (χ1) is 8.72. The number of pyridine rings is 1. The second-order valence-electron chi connectivity index (χ2n) is 4.88. The van der Waals surface area contributed by atoms with Gasteiger partial charge in [0.2, 0.25) is 5.88 Å². The molecule has 1 N–H and O–H groups in total. The third-order valence-electron chi connectivity index (χ3n) is 3.32. The molecule has 18 heavy (non-hydrogen) atoms. The van der Waals surface area contributed by atoms with E-state index in [2.05, 4.69) is 16.9 Å². The highest BCUT2D eigenvalue weighted by molar-refractivity contribution is 5.24. The largest absolute Gasteiger partial charge is 0.476 e. The van der Waals surface area contributed by atoms with Gasteiger partial charge in [-0.2, -0.15) is 0 Å². The Labute approximate surface area is 109 Å². The Hall–Kier alpha value is -1.13. The molecule has 0 aliphatic heterocycles. The Morgan fingerprint density at radius 1 is 1.44 bits per heavy atom. The summed E-state index contributed by atoms with van der Waals surface area (Å²) in [7, 11) is 2.13. The molecule has 1 saturated carbocycles. The van der Waals surface area contributed by atoms with Crippen molar-refractivity contribution in [3.8, 4) is 5.88 Å². The van der Waals surface area contributed by atoms with E-state index >= 15 is 0 Å². The van der Waals surface area contributed by atoms with Gasteiger partial charge in [0.25, 0.3) is 0 Å². The standard InChI is InChI=1S/C14H22N2O2/c1-3-12-8-11(10-17)9-14(15-12)18-7-6-16(2)13-4-5-13/h8-9,13,17H,3-7,10H2,1-2H3. The molecule has 0 spiro atoms. The SMILES string of the molecule is CCc1cc(CO)cc(OCCN(C)C2CC2)n1. The van der Waals surface area contributed by atoms with Crippen LogP contribution in [0.1, 0.15) is 31.0 Å². The maximum absolute atomic E-state index is 9.19. The van der Waals surface area contributed by atoms with Crippen molar-refractivity contribution in [2.45, 2.75) is 38.8 Å². The van der Waals surface area contributed by atoms with Gasteiger partial charge in [0.1, 0.15) is 6.61 Å². The Bertz CT molecular complexity index is 369. The second-order valence-corrected chi connectivity index (χ2v) is 4.88. The van der Waals surface area contributed by atoms with Crippen LogP contribution in [-0.4, -0.2) is 41.2 Å². The van der Waals surface area contributed by atoms with E-state index in [4.69, 9.17) is 4.74 Å². The Morgan fingerprint density at radius 3 is 2.83 bits per heavy atom. The molecule has 0 aromatic carbocycles. The van der Waals surface area contributed by atoms with Crippen molar-refractivity contribution in [1.29, 1.82) is 0 Å². The van der Waals surface area contributed by atoms with Crippen LogP contribution in [0.4, 0.5) is 0 Å². The number of likely N-dealkylation sites (N-methyl/N-ethyl adjacent to an activating group) is 1. The average Bonchev–Trinajstić information content (AvgIpc) is 3.22. The van der Waals surface area contributed by atoms with Gasteiger partial charge in [-0.25, -0.2) is 4.98 Å². The van der Waals surface area contributed by atoms with Crippen molar-refractivity contribution in [1.82, 2.24) is 9.88 Å². The molecular formula is C14H22N2O2. The summed E-state index contributed by atoms with van der Waals surface area (Å²) in [4.78, 5) is 6.74. The van der Waals surface area contributed by atoms with Gasteiger partial charge in [-0.15, -0.1) is 0 Å². The fraction of sp³-hybridized carbons (Fsp3) is 0.643. The quantitative estimate of drug-likeness (QED) is 0.798. The minimum atomic E-state index is 0.0356. The van der Waals surface area contributed by atoms with Gasteiger partial charge < -0.3 is 14.7 Å². The van der Waals surface area contributed by atoms with E-state index in [0.29, 0.717) is 12.5 Å². The first-order valence-electron chi connectivity index (χ1n) is 6.66. The summed E-state index contributed by atoms with van der Waals surface area (Å²) in [6, 6.07) is 4.50. The monoisotopic (exact) mass is 250 g/mol. The third-order valence-corrected chi connectivity index (χ3v) is 3.32. The van der Waals surface area contributed by atoms with E-state index in [0.717, 1.165) is 30.3 Å². The zero-order valence-corrected chi connectivity index (χ0v) is 11.2. The predicted octanol–water partition coefficient (Wildman–Crippen LogP) is 1.61. The summed E-state index contributed by atoms with van der Waals surface area (Å²) < 4.78 is 5.68. The molecule has 0 unspecified atom stereocenters. The number of rotatable bonds is 7. The van der Waals surface area contributed by atoms with Gasteiger partial charge >= 0.3 is 0 Å². The lowest BCUT2D eigenvalue weighted by molar-refractivity contribution is 0.225. The Morgan fingerprint density at radius 2 is 2.22 bits per heavy atom. The van der Waals surface area contributed by atoms with Crippen molar-refractivity contribution in [3.63, 3.8) is 0 Å². The van der Waals surface area contributed by atoms with Crippen molar-refractivity contribution in [2.24, 2.45) is 0 Å². The normalized spacial score (nSPS) is 15.1.